The summed E-state index contributed by atoms with van der Waals surface area (Å²) in [6.07, 6.45) is 1.79. The van der Waals surface area contributed by atoms with Crippen LogP contribution in [0.15, 0.2) is 41.0 Å². The molecule has 0 unspecified atom stereocenters. The first-order valence-corrected chi connectivity index (χ1v) is 7.26. The fraction of sp³-hybridized carbons (Fsp3) is 0.267. The number of nitrogen functional groups attached to an aromatic ring is 1. The summed E-state index contributed by atoms with van der Waals surface area (Å²) in [6.45, 7) is 4.53. The number of rotatable bonds is 4. The van der Waals surface area contributed by atoms with Crippen LogP contribution in [0.3, 0.4) is 0 Å². The number of nitrogens with zero attached hydrogens (tertiary/aromatic N) is 1. The Balaban J connectivity index is 2.07. The normalized spacial score (nSPS) is 10.8. The van der Waals surface area contributed by atoms with Crippen molar-refractivity contribution in [1.82, 2.24) is 9.88 Å². The van der Waals surface area contributed by atoms with Crippen molar-refractivity contribution < 1.29 is 4.79 Å². The fourth-order valence-electron chi connectivity index (χ4n) is 1.99. The molecule has 1 amide bonds. The maximum Gasteiger partial charge on any atom is 0.268 e. The van der Waals surface area contributed by atoms with Gasteiger partial charge in [0.1, 0.15) is 5.69 Å². The molecule has 0 saturated carbocycles. The molecule has 0 saturated heterocycles. The summed E-state index contributed by atoms with van der Waals surface area (Å²) >= 11 is 3.39. The van der Waals surface area contributed by atoms with Crippen LogP contribution in [0, 0.1) is 0 Å². The molecule has 2 rings (SSSR count). The van der Waals surface area contributed by atoms with Gasteiger partial charge in [0.25, 0.3) is 5.91 Å². The van der Waals surface area contributed by atoms with Crippen LogP contribution in [0.4, 0.5) is 5.69 Å². The summed E-state index contributed by atoms with van der Waals surface area (Å²) in [4.78, 5) is 12.2. The van der Waals surface area contributed by atoms with Crippen molar-refractivity contribution in [1.29, 1.82) is 0 Å². The number of hydrogen-bond acceptors (Lipinski definition) is 2. The van der Waals surface area contributed by atoms with Crippen molar-refractivity contribution in [3.05, 3.63) is 52.3 Å². The number of hydrogen-bond donors (Lipinski definition) is 2. The third-order valence-electron chi connectivity index (χ3n) is 3.03. The van der Waals surface area contributed by atoms with E-state index in [1.165, 1.54) is 0 Å². The van der Waals surface area contributed by atoms with Gasteiger partial charge >= 0.3 is 0 Å². The Morgan fingerprint density at radius 2 is 2.00 bits per heavy atom. The lowest BCUT2D eigenvalue weighted by Crippen LogP contribution is -2.25. The van der Waals surface area contributed by atoms with Crippen molar-refractivity contribution in [2.45, 2.75) is 26.4 Å². The second-order valence-electron chi connectivity index (χ2n) is 4.97. The number of nitrogens with two attached hydrogens (primary N) is 1. The Kier molecular flexibility index (Phi) is 4.49. The Morgan fingerprint density at radius 3 is 2.60 bits per heavy atom. The topological polar surface area (TPSA) is 60.0 Å². The van der Waals surface area contributed by atoms with Gasteiger partial charge < -0.3 is 15.6 Å². The summed E-state index contributed by atoms with van der Waals surface area (Å²) in [5.41, 5.74) is 8.02. The highest BCUT2D eigenvalue weighted by Crippen LogP contribution is 2.16. The predicted octanol–water partition coefficient (Wildman–Crippen LogP) is 3.34. The van der Waals surface area contributed by atoms with E-state index in [0.717, 1.165) is 10.0 Å². The highest BCUT2D eigenvalue weighted by molar-refractivity contribution is 9.10. The number of amides is 1. The van der Waals surface area contributed by atoms with Gasteiger partial charge in [0.2, 0.25) is 0 Å². The van der Waals surface area contributed by atoms with Gasteiger partial charge in [0.05, 0.1) is 5.69 Å². The Bertz CT molecular complexity index is 602. The fourth-order valence-corrected chi connectivity index (χ4v) is 2.25. The van der Waals surface area contributed by atoms with E-state index in [9.17, 15) is 4.79 Å². The van der Waals surface area contributed by atoms with Crippen LogP contribution in [0.25, 0.3) is 0 Å². The van der Waals surface area contributed by atoms with Gasteiger partial charge in [-0.2, -0.15) is 0 Å². The zero-order valence-corrected chi connectivity index (χ0v) is 13.1. The molecular weight excluding hydrogens is 318 g/mol. The number of nitrogens with one attached hydrogen (secondary N) is 1. The van der Waals surface area contributed by atoms with Gasteiger partial charge in [-0.05, 0) is 37.6 Å². The minimum Gasteiger partial charge on any atom is -0.397 e. The minimum atomic E-state index is -0.113. The largest absolute Gasteiger partial charge is 0.397 e. The van der Waals surface area contributed by atoms with E-state index in [4.69, 9.17) is 5.73 Å². The van der Waals surface area contributed by atoms with Crippen molar-refractivity contribution in [2.24, 2.45) is 0 Å². The molecule has 1 heterocycles. The lowest BCUT2D eigenvalue weighted by molar-refractivity contribution is 0.0940. The maximum absolute atomic E-state index is 12.2. The lowest BCUT2D eigenvalue weighted by atomic mass is 10.2. The highest BCUT2D eigenvalue weighted by Gasteiger charge is 2.14. The Labute approximate surface area is 127 Å². The quantitative estimate of drug-likeness (QED) is 0.900. The van der Waals surface area contributed by atoms with Crippen LogP contribution in [0.1, 0.15) is 35.9 Å². The third-order valence-corrected chi connectivity index (χ3v) is 3.55. The molecule has 106 valence electrons. The number of carbonyl (C=O) groups is 1. The second-order valence-corrected chi connectivity index (χ2v) is 5.88. The molecule has 0 aliphatic carbocycles. The third kappa shape index (κ3) is 3.42. The van der Waals surface area contributed by atoms with Crippen LogP contribution in [-0.4, -0.2) is 10.5 Å². The van der Waals surface area contributed by atoms with E-state index >= 15 is 0 Å². The van der Waals surface area contributed by atoms with Gasteiger partial charge in [0.15, 0.2) is 0 Å². The number of aromatic nitrogens is 1. The second kappa shape index (κ2) is 6.13. The van der Waals surface area contributed by atoms with Crippen LogP contribution in [0.5, 0.6) is 0 Å². The van der Waals surface area contributed by atoms with Crippen LogP contribution >= 0.6 is 15.9 Å². The molecule has 0 fully saturated rings. The number of halogens is 1. The minimum absolute atomic E-state index is 0.113. The average Bonchev–Trinajstić information content (AvgIpc) is 2.80. The molecule has 2 aromatic rings. The zero-order chi connectivity index (χ0) is 14.7. The van der Waals surface area contributed by atoms with E-state index in [0.29, 0.717) is 17.9 Å². The van der Waals surface area contributed by atoms with Crippen LogP contribution in [-0.2, 0) is 6.54 Å². The Hall–Kier alpha value is -1.75. The first kappa shape index (κ1) is 14.7. The predicted molar refractivity (Wildman–Crippen MR) is 84.5 cm³/mol. The average molecular weight is 336 g/mol. The summed E-state index contributed by atoms with van der Waals surface area (Å²) < 4.78 is 2.90. The summed E-state index contributed by atoms with van der Waals surface area (Å²) in [5.74, 6) is -0.113. The molecule has 0 spiro atoms. The standard InChI is InChI=1S/C15H18BrN3O/c1-10(2)19-9-13(17)7-14(19)15(20)18-8-11-3-5-12(16)6-4-11/h3-7,9-10H,8,17H2,1-2H3,(H,18,20). The number of benzene rings is 1. The van der Waals surface area contributed by atoms with Crippen molar-refractivity contribution in [2.75, 3.05) is 5.73 Å². The van der Waals surface area contributed by atoms with E-state index in [-0.39, 0.29) is 11.9 Å². The van der Waals surface area contributed by atoms with Gasteiger partial charge in [0, 0.05) is 23.3 Å². The lowest BCUT2D eigenvalue weighted by Gasteiger charge is -2.12. The zero-order valence-electron chi connectivity index (χ0n) is 11.6. The molecule has 3 N–H and O–H groups in total. The molecule has 0 bridgehead atoms. The molecule has 1 aromatic carbocycles. The maximum atomic E-state index is 12.2. The smallest absolute Gasteiger partial charge is 0.268 e. The van der Waals surface area contributed by atoms with Crippen molar-refractivity contribution >= 4 is 27.5 Å². The monoisotopic (exact) mass is 335 g/mol. The van der Waals surface area contributed by atoms with Crippen LogP contribution < -0.4 is 11.1 Å². The van der Waals surface area contributed by atoms with Crippen molar-refractivity contribution in [3.8, 4) is 0 Å². The molecule has 1 aromatic heterocycles. The number of anilines is 1. The van der Waals surface area contributed by atoms with Gasteiger partial charge in [-0.25, -0.2) is 0 Å². The molecule has 5 heteroatoms. The first-order valence-electron chi connectivity index (χ1n) is 6.47. The van der Waals surface area contributed by atoms with Gasteiger partial charge in [-0.1, -0.05) is 28.1 Å². The molecular formula is C15H18BrN3O. The molecule has 0 atom stereocenters. The molecule has 0 aliphatic rings. The molecule has 0 radical (unpaired) electrons. The number of carbonyl (C=O) groups excluding carboxylic acids is 1. The van der Waals surface area contributed by atoms with Crippen LogP contribution in [0.2, 0.25) is 0 Å². The molecule has 20 heavy (non-hydrogen) atoms. The summed E-state index contributed by atoms with van der Waals surface area (Å²) in [7, 11) is 0. The summed E-state index contributed by atoms with van der Waals surface area (Å²) in [6, 6.07) is 9.75. The van der Waals surface area contributed by atoms with Gasteiger partial charge in [-0.3, -0.25) is 4.79 Å². The SMILES string of the molecule is CC(C)n1cc(N)cc1C(=O)NCc1ccc(Br)cc1. The molecule has 0 aliphatic heterocycles. The van der Waals surface area contributed by atoms with Crippen molar-refractivity contribution in [3.63, 3.8) is 0 Å². The van der Waals surface area contributed by atoms with E-state index in [1.54, 1.807) is 12.3 Å². The first-order chi connectivity index (χ1) is 9.47. The van der Waals surface area contributed by atoms with E-state index < -0.39 is 0 Å². The Morgan fingerprint density at radius 1 is 1.35 bits per heavy atom. The molecule has 4 nitrogen and oxygen atoms in total. The van der Waals surface area contributed by atoms with Gasteiger partial charge in [-0.15, -0.1) is 0 Å². The van der Waals surface area contributed by atoms with E-state index in [2.05, 4.69) is 21.2 Å². The summed E-state index contributed by atoms with van der Waals surface area (Å²) in [5, 5.41) is 2.91. The van der Waals surface area contributed by atoms with E-state index in [1.807, 2.05) is 42.7 Å². The highest BCUT2D eigenvalue weighted by atomic mass is 79.9.